The van der Waals surface area contributed by atoms with Gasteiger partial charge in [-0.2, -0.15) is 0 Å². The predicted molar refractivity (Wildman–Crippen MR) is 87.3 cm³/mol. The number of hydrogen-bond donors (Lipinski definition) is 2. The summed E-state index contributed by atoms with van der Waals surface area (Å²) in [5, 5.41) is 6.38. The van der Waals surface area contributed by atoms with Crippen LogP contribution in [0.2, 0.25) is 0 Å². The van der Waals surface area contributed by atoms with Crippen molar-refractivity contribution in [2.24, 2.45) is 5.41 Å². The van der Waals surface area contributed by atoms with Crippen LogP contribution in [0, 0.1) is 5.41 Å². The minimum atomic E-state index is -0.284. The molecule has 2 saturated heterocycles. The molecular weight excluding hydrogens is 292 g/mol. The molecule has 1 aromatic rings. The van der Waals surface area contributed by atoms with Crippen molar-refractivity contribution in [1.82, 2.24) is 10.6 Å². The Balaban J connectivity index is 1.90. The lowest BCUT2D eigenvalue weighted by molar-refractivity contribution is -0.127. The molecule has 1 unspecified atom stereocenters. The van der Waals surface area contributed by atoms with Gasteiger partial charge in [0.05, 0.1) is 12.2 Å². The summed E-state index contributed by atoms with van der Waals surface area (Å²) in [5.74, 6) is 0.106. The summed E-state index contributed by atoms with van der Waals surface area (Å²) in [7, 11) is 0. The molecule has 2 aliphatic rings. The Hall–Kier alpha value is -1.88. The highest BCUT2D eigenvalue weighted by Gasteiger charge is 2.45. The lowest BCUT2D eigenvalue weighted by Crippen LogP contribution is -2.51. The molecule has 1 spiro atoms. The third-order valence-electron chi connectivity index (χ3n) is 5.15. The highest BCUT2D eigenvalue weighted by Crippen LogP contribution is 2.47. The van der Waals surface area contributed by atoms with Crippen LogP contribution in [-0.2, 0) is 9.53 Å². The van der Waals surface area contributed by atoms with Gasteiger partial charge >= 0.3 is 5.97 Å². The van der Waals surface area contributed by atoms with Crippen LogP contribution in [0.5, 0.6) is 0 Å². The molecule has 2 fully saturated rings. The maximum atomic E-state index is 12.0. The molecule has 5 nitrogen and oxygen atoms in total. The topological polar surface area (TPSA) is 67.4 Å². The Morgan fingerprint density at radius 1 is 1.35 bits per heavy atom. The average Bonchev–Trinajstić information content (AvgIpc) is 2.56. The second-order valence-electron chi connectivity index (χ2n) is 6.49. The van der Waals surface area contributed by atoms with Gasteiger partial charge in [0.15, 0.2) is 0 Å². The molecule has 0 saturated carbocycles. The lowest BCUT2D eigenvalue weighted by atomic mass is 9.62. The molecule has 5 heteroatoms. The first-order chi connectivity index (χ1) is 11.1. The first kappa shape index (κ1) is 16.0. The summed E-state index contributed by atoms with van der Waals surface area (Å²) in [6, 6.07) is 7.70. The summed E-state index contributed by atoms with van der Waals surface area (Å²) in [6.07, 6.45) is 2.56. The van der Waals surface area contributed by atoms with Crippen LogP contribution in [0.25, 0.3) is 0 Å². The summed E-state index contributed by atoms with van der Waals surface area (Å²) in [5.41, 5.74) is 1.71. The fourth-order valence-electron chi connectivity index (χ4n) is 3.96. The molecule has 0 bridgehead atoms. The number of rotatable bonds is 3. The van der Waals surface area contributed by atoms with E-state index in [0.29, 0.717) is 25.1 Å². The quantitative estimate of drug-likeness (QED) is 0.835. The van der Waals surface area contributed by atoms with E-state index in [9.17, 15) is 9.59 Å². The van der Waals surface area contributed by atoms with Crippen molar-refractivity contribution in [3.8, 4) is 0 Å². The Kier molecular flexibility index (Phi) is 4.66. The third-order valence-corrected chi connectivity index (χ3v) is 5.15. The number of esters is 1. The zero-order valence-electron chi connectivity index (χ0n) is 13.6. The lowest BCUT2D eigenvalue weighted by Gasteiger charge is -2.46. The Labute approximate surface area is 136 Å². The third kappa shape index (κ3) is 3.24. The van der Waals surface area contributed by atoms with Crippen molar-refractivity contribution >= 4 is 11.9 Å². The standard InChI is InChI=1S/C18H24N2O3/c1-2-23-17(22)14-5-3-4-13(10-14)15-12-20-16(21)11-18(15)6-8-19-9-7-18/h3-5,10,15,19H,2,6-9,11-12H2,1H3,(H,20,21). The predicted octanol–water partition coefficient (Wildman–Crippen LogP) is 1.84. The van der Waals surface area contributed by atoms with E-state index in [4.69, 9.17) is 4.74 Å². The van der Waals surface area contributed by atoms with Crippen LogP contribution in [0.15, 0.2) is 24.3 Å². The van der Waals surface area contributed by atoms with Gasteiger partial charge in [-0.1, -0.05) is 12.1 Å². The van der Waals surface area contributed by atoms with Crippen molar-refractivity contribution in [2.45, 2.75) is 32.1 Å². The van der Waals surface area contributed by atoms with E-state index in [1.54, 1.807) is 6.07 Å². The summed E-state index contributed by atoms with van der Waals surface area (Å²) in [4.78, 5) is 24.0. The van der Waals surface area contributed by atoms with Gasteiger partial charge in [-0.15, -0.1) is 0 Å². The van der Waals surface area contributed by atoms with E-state index in [1.165, 1.54) is 0 Å². The van der Waals surface area contributed by atoms with Crippen molar-refractivity contribution in [2.75, 3.05) is 26.2 Å². The molecule has 2 N–H and O–H groups in total. The van der Waals surface area contributed by atoms with E-state index in [1.807, 2.05) is 19.1 Å². The molecule has 23 heavy (non-hydrogen) atoms. The fraction of sp³-hybridized carbons (Fsp3) is 0.556. The van der Waals surface area contributed by atoms with Gasteiger partial charge < -0.3 is 15.4 Å². The van der Waals surface area contributed by atoms with Gasteiger partial charge in [0.2, 0.25) is 5.91 Å². The van der Waals surface area contributed by atoms with Gasteiger partial charge in [-0.05, 0) is 56.0 Å². The normalized spacial score (nSPS) is 23.3. The molecule has 1 atom stereocenters. The first-order valence-electron chi connectivity index (χ1n) is 8.39. The largest absolute Gasteiger partial charge is 0.462 e. The smallest absolute Gasteiger partial charge is 0.338 e. The van der Waals surface area contributed by atoms with Crippen LogP contribution in [0.4, 0.5) is 0 Å². The van der Waals surface area contributed by atoms with Gasteiger partial charge in [-0.25, -0.2) is 4.79 Å². The number of nitrogens with one attached hydrogen (secondary N) is 2. The van der Waals surface area contributed by atoms with Crippen LogP contribution in [-0.4, -0.2) is 38.1 Å². The summed E-state index contributed by atoms with van der Waals surface area (Å²) < 4.78 is 5.11. The highest BCUT2D eigenvalue weighted by atomic mass is 16.5. The van der Waals surface area contributed by atoms with Crippen LogP contribution >= 0.6 is 0 Å². The minimum Gasteiger partial charge on any atom is -0.462 e. The number of carbonyl (C=O) groups excluding carboxylic acids is 2. The SMILES string of the molecule is CCOC(=O)c1cccc(C2CNC(=O)CC23CCNCC3)c1. The molecule has 2 heterocycles. The second-order valence-corrected chi connectivity index (χ2v) is 6.49. The van der Waals surface area contributed by atoms with Crippen molar-refractivity contribution in [3.63, 3.8) is 0 Å². The molecule has 1 amide bonds. The number of ether oxygens (including phenoxy) is 1. The van der Waals surface area contributed by atoms with E-state index in [-0.39, 0.29) is 23.2 Å². The first-order valence-corrected chi connectivity index (χ1v) is 8.39. The van der Waals surface area contributed by atoms with Gasteiger partial charge in [0.1, 0.15) is 0 Å². The second kappa shape index (κ2) is 6.71. The molecule has 0 radical (unpaired) electrons. The van der Waals surface area contributed by atoms with Crippen molar-refractivity contribution < 1.29 is 14.3 Å². The highest BCUT2D eigenvalue weighted by molar-refractivity contribution is 5.89. The molecule has 2 aliphatic heterocycles. The monoisotopic (exact) mass is 316 g/mol. The van der Waals surface area contributed by atoms with Gasteiger partial charge in [0, 0.05) is 18.9 Å². The van der Waals surface area contributed by atoms with Gasteiger partial charge in [0.25, 0.3) is 0 Å². The molecule has 124 valence electrons. The Morgan fingerprint density at radius 2 is 2.13 bits per heavy atom. The van der Waals surface area contributed by atoms with E-state index in [0.717, 1.165) is 31.5 Å². The molecule has 3 rings (SSSR count). The maximum absolute atomic E-state index is 12.0. The van der Waals surface area contributed by atoms with Crippen LogP contribution in [0.1, 0.15) is 48.0 Å². The Morgan fingerprint density at radius 3 is 2.87 bits per heavy atom. The average molecular weight is 316 g/mol. The van der Waals surface area contributed by atoms with Gasteiger partial charge in [-0.3, -0.25) is 4.79 Å². The summed E-state index contributed by atoms with van der Waals surface area (Å²) >= 11 is 0. The molecular formula is C18H24N2O3. The van der Waals surface area contributed by atoms with E-state index in [2.05, 4.69) is 16.7 Å². The zero-order valence-corrected chi connectivity index (χ0v) is 13.6. The summed E-state index contributed by atoms with van der Waals surface area (Å²) in [6.45, 7) is 4.72. The number of carbonyl (C=O) groups is 2. The van der Waals surface area contributed by atoms with E-state index < -0.39 is 0 Å². The Bertz CT molecular complexity index is 594. The molecule has 0 aliphatic carbocycles. The van der Waals surface area contributed by atoms with Crippen LogP contribution < -0.4 is 10.6 Å². The van der Waals surface area contributed by atoms with E-state index >= 15 is 0 Å². The molecule has 0 aromatic heterocycles. The number of amides is 1. The zero-order chi connectivity index (χ0) is 16.3. The fourth-order valence-corrected chi connectivity index (χ4v) is 3.96. The maximum Gasteiger partial charge on any atom is 0.338 e. The van der Waals surface area contributed by atoms with Crippen molar-refractivity contribution in [1.29, 1.82) is 0 Å². The van der Waals surface area contributed by atoms with Crippen LogP contribution in [0.3, 0.4) is 0 Å². The number of hydrogen-bond acceptors (Lipinski definition) is 4. The minimum absolute atomic E-state index is 0.000861. The molecule has 1 aromatic carbocycles. The van der Waals surface area contributed by atoms with Crippen molar-refractivity contribution in [3.05, 3.63) is 35.4 Å². The number of piperidine rings is 2. The number of benzene rings is 1.